The van der Waals surface area contributed by atoms with Gasteiger partial charge in [-0.3, -0.25) is 14.4 Å². The molecule has 7 N–H and O–H groups in total. The van der Waals surface area contributed by atoms with Crippen LogP contribution < -0.4 is 5.73 Å². The maximum absolute atomic E-state index is 13.4. The van der Waals surface area contributed by atoms with Crippen LogP contribution in [0.2, 0.25) is 0 Å². The van der Waals surface area contributed by atoms with Crippen molar-refractivity contribution < 1.29 is 54.1 Å². The summed E-state index contributed by atoms with van der Waals surface area (Å²) in [5.74, 6) is -5.46. The first kappa shape index (κ1) is 27.3. The molecule has 208 valence electrons. The first-order valence-electron chi connectivity index (χ1n) is 12.5. The van der Waals surface area contributed by atoms with Gasteiger partial charge in [-0.2, -0.15) is 0 Å². The van der Waals surface area contributed by atoms with Crippen molar-refractivity contribution in [2.45, 2.75) is 62.6 Å². The molecule has 0 bridgehead atoms. The molecule has 0 amide bonds. The molecule has 1 aliphatic heterocycles. The Labute approximate surface area is 222 Å². The fraction of sp³-hybridized carbons (Fsp3) is 0.444. The smallest absolute Gasteiger partial charge is 0.198 e. The summed E-state index contributed by atoms with van der Waals surface area (Å²) >= 11 is 0. The number of aliphatic hydroxyl groups excluding tert-OH is 2. The average molecular weight is 544 g/mol. The van der Waals surface area contributed by atoms with Gasteiger partial charge >= 0.3 is 0 Å². The van der Waals surface area contributed by atoms with Crippen LogP contribution in [0.3, 0.4) is 0 Å². The Morgan fingerprint density at radius 2 is 1.74 bits per heavy atom. The van der Waals surface area contributed by atoms with Crippen LogP contribution >= 0.6 is 0 Å². The predicted octanol–water partition coefficient (Wildman–Crippen LogP) is -0.0332. The topological polar surface area (TPSA) is 206 Å². The number of ketones is 3. The quantitative estimate of drug-likeness (QED) is 0.179. The van der Waals surface area contributed by atoms with E-state index in [9.17, 15) is 34.8 Å². The Bertz CT molecular complexity index is 1350. The second-order valence-corrected chi connectivity index (χ2v) is 10.1. The van der Waals surface area contributed by atoms with Crippen molar-refractivity contribution in [2.24, 2.45) is 5.73 Å². The Kier molecular flexibility index (Phi) is 7.06. The standard InChI is InChI=1S/C27H29NO11/c1-11-22(31)16(28)6-18(38-11)39-17-8-27(36,37-10-12(30)9-29)7-15-19(17)26(35)21-20(25(15)34)23(32)13-4-2-3-5-14(13)24(21)33/h2-5,11,16-18,22,29,31,34-36H,6-10,28H2,1H3/t11-,16-,17?,18-,22+,27?/m0/s1. The highest BCUT2D eigenvalue weighted by molar-refractivity contribution is 6.30. The summed E-state index contributed by atoms with van der Waals surface area (Å²) in [4.78, 5) is 38.5. The molecule has 0 aromatic heterocycles. The van der Waals surface area contributed by atoms with Crippen molar-refractivity contribution in [3.63, 3.8) is 0 Å². The van der Waals surface area contributed by atoms with Crippen molar-refractivity contribution in [3.8, 4) is 11.5 Å². The fourth-order valence-electron chi connectivity index (χ4n) is 5.49. The lowest BCUT2D eigenvalue weighted by atomic mass is 9.75. The molecule has 2 aromatic carbocycles. The van der Waals surface area contributed by atoms with Crippen LogP contribution in [0.5, 0.6) is 11.5 Å². The van der Waals surface area contributed by atoms with E-state index in [1.54, 1.807) is 19.1 Å². The van der Waals surface area contributed by atoms with Crippen molar-refractivity contribution in [3.05, 3.63) is 57.6 Å². The van der Waals surface area contributed by atoms with Gasteiger partial charge in [0.15, 0.2) is 29.4 Å². The van der Waals surface area contributed by atoms with Gasteiger partial charge < -0.3 is 45.5 Å². The van der Waals surface area contributed by atoms with Gasteiger partial charge in [-0.15, -0.1) is 0 Å². The lowest BCUT2D eigenvalue weighted by molar-refractivity contribution is -0.271. The molecule has 3 aliphatic rings. The Balaban J connectivity index is 1.62. The number of carbonyl (C=O) groups is 3. The van der Waals surface area contributed by atoms with Crippen LogP contribution in [0, 0.1) is 0 Å². The summed E-state index contributed by atoms with van der Waals surface area (Å²) in [6.07, 6.45) is -4.76. The molecule has 5 rings (SSSR count). The molecule has 2 unspecified atom stereocenters. The van der Waals surface area contributed by atoms with E-state index in [0.717, 1.165) is 0 Å². The number of Topliss-reactive ketones (excluding diaryl/α,β-unsaturated/α-hetero) is 1. The second kappa shape index (κ2) is 10.1. The van der Waals surface area contributed by atoms with E-state index in [0.29, 0.717) is 0 Å². The van der Waals surface area contributed by atoms with Crippen molar-refractivity contribution in [1.82, 2.24) is 0 Å². The molecule has 1 fully saturated rings. The minimum Gasteiger partial charge on any atom is -0.507 e. The van der Waals surface area contributed by atoms with Crippen molar-refractivity contribution in [1.29, 1.82) is 0 Å². The summed E-state index contributed by atoms with van der Waals surface area (Å²) < 4.78 is 17.2. The van der Waals surface area contributed by atoms with E-state index < -0.39 is 96.0 Å². The molecular weight excluding hydrogens is 514 g/mol. The third-order valence-electron chi connectivity index (χ3n) is 7.48. The van der Waals surface area contributed by atoms with Crippen molar-refractivity contribution >= 4 is 17.3 Å². The minimum absolute atomic E-state index is 0.0438. The molecule has 1 saturated heterocycles. The monoisotopic (exact) mass is 543 g/mol. The lowest BCUT2D eigenvalue weighted by Crippen LogP contribution is -2.52. The van der Waals surface area contributed by atoms with Crippen LogP contribution in [0.1, 0.15) is 68.8 Å². The number of ether oxygens (including phenoxy) is 3. The first-order chi connectivity index (χ1) is 18.5. The molecule has 0 spiro atoms. The number of benzene rings is 2. The van der Waals surface area contributed by atoms with E-state index in [1.807, 2.05) is 0 Å². The lowest BCUT2D eigenvalue weighted by Gasteiger charge is -2.42. The fourth-order valence-corrected chi connectivity index (χ4v) is 5.49. The molecule has 6 atom stereocenters. The number of hydrogen-bond donors (Lipinski definition) is 6. The van der Waals surface area contributed by atoms with Gasteiger partial charge in [0.1, 0.15) is 24.7 Å². The zero-order valence-corrected chi connectivity index (χ0v) is 21.0. The Morgan fingerprint density at radius 1 is 1.13 bits per heavy atom. The summed E-state index contributed by atoms with van der Waals surface area (Å²) in [5, 5.41) is 53.3. The molecule has 12 heteroatoms. The van der Waals surface area contributed by atoms with Gasteiger partial charge in [0.25, 0.3) is 0 Å². The third kappa shape index (κ3) is 4.63. The average Bonchev–Trinajstić information content (AvgIpc) is 2.90. The SMILES string of the molecule is C[C@@H]1O[C@@H](OC2CC(O)(OCC(=O)CO)Cc3c(O)c4c(c(O)c32)C(=O)c2ccccc2C4=O)C[C@H](N)[C@@H]1O. The van der Waals surface area contributed by atoms with Gasteiger partial charge in [0.2, 0.25) is 0 Å². The number of nitrogens with two attached hydrogens (primary N) is 1. The summed E-state index contributed by atoms with van der Waals surface area (Å²) in [6, 6.07) is 5.30. The molecule has 0 radical (unpaired) electrons. The number of fused-ring (bicyclic) bond motifs is 3. The highest BCUT2D eigenvalue weighted by atomic mass is 16.7. The third-order valence-corrected chi connectivity index (χ3v) is 7.48. The number of phenols is 2. The summed E-state index contributed by atoms with van der Waals surface area (Å²) in [6.45, 7) is 0.109. The number of phenolic OH excluding ortho intramolecular Hbond substituents is 2. The van der Waals surface area contributed by atoms with Crippen LogP contribution in [-0.2, 0) is 25.4 Å². The normalized spacial score (nSPS) is 29.9. The van der Waals surface area contributed by atoms with Gasteiger partial charge in [-0.1, -0.05) is 24.3 Å². The molecule has 12 nitrogen and oxygen atoms in total. The van der Waals surface area contributed by atoms with Crippen LogP contribution in [-0.4, -0.2) is 86.4 Å². The Morgan fingerprint density at radius 3 is 2.33 bits per heavy atom. The van der Waals surface area contributed by atoms with E-state index in [2.05, 4.69) is 0 Å². The van der Waals surface area contributed by atoms with E-state index in [4.69, 9.17) is 25.1 Å². The summed E-state index contributed by atoms with van der Waals surface area (Å²) in [7, 11) is 0. The second-order valence-electron chi connectivity index (χ2n) is 10.1. The molecule has 0 saturated carbocycles. The minimum atomic E-state index is -2.14. The van der Waals surface area contributed by atoms with E-state index >= 15 is 0 Å². The molecule has 2 aromatic rings. The number of carbonyl (C=O) groups excluding carboxylic acids is 3. The van der Waals surface area contributed by atoms with Crippen LogP contribution in [0.15, 0.2) is 24.3 Å². The van der Waals surface area contributed by atoms with Gasteiger partial charge in [-0.05, 0) is 6.92 Å². The molecule has 1 heterocycles. The number of hydrogen-bond acceptors (Lipinski definition) is 12. The van der Waals surface area contributed by atoms with Gasteiger partial charge in [-0.25, -0.2) is 0 Å². The summed E-state index contributed by atoms with van der Waals surface area (Å²) in [5.41, 5.74) is 5.14. The van der Waals surface area contributed by atoms with Gasteiger partial charge in [0.05, 0.1) is 29.4 Å². The van der Waals surface area contributed by atoms with Crippen LogP contribution in [0.25, 0.3) is 0 Å². The zero-order valence-electron chi connectivity index (χ0n) is 21.0. The number of aliphatic hydroxyl groups is 3. The predicted molar refractivity (Wildman–Crippen MR) is 131 cm³/mol. The Hall–Kier alpha value is -3.23. The largest absolute Gasteiger partial charge is 0.507 e. The molecule has 2 aliphatic carbocycles. The van der Waals surface area contributed by atoms with E-state index in [1.165, 1.54) is 12.1 Å². The van der Waals surface area contributed by atoms with Crippen molar-refractivity contribution in [2.75, 3.05) is 13.2 Å². The van der Waals surface area contributed by atoms with Gasteiger partial charge in [0, 0.05) is 47.6 Å². The van der Waals surface area contributed by atoms with E-state index in [-0.39, 0.29) is 35.1 Å². The molecule has 39 heavy (non-hydrogen) atoms. The highest BCUT2D eigenvalue weighted by Crippen LogP contribution is 2.52. The zero-order chi connectivity index (χ0) is 28.2. The highest BCUT2D eigenvalue weighted by Gasteiger charge is 2.48. The maximum atomic E-state index is 13.4. The first-order valence-corrected chi connectivity index (χ1v) is 12.5. The molecular formula is C27H29NO11. The number of aromatic hydroxyl groups is 2. The maximum Gasteiger partial charge on any atom is 0.198 e. The van der Waals surface area contributed by atoms with Crippen LogP contribution in [0.4, 0.5) is 0 Å². The number of rotatable bonds is 6.